The van der Waals surface area contributed by atoms with Crippen LogP contribution in [0, 0.1) is 13.8 Å². The number of rotatable bonds is 3. The van der Waals surface area contributed by atoms with Crippen LogP contribution in [0.2, 0.25) is 5.02 Å². The van der Waals surface area contributed by atoms with E-state index in [1.807, 2.05) is 73.7 Å². The van der Waals surface area contributed by atoms with Crippen molar-refractivity contribution in [3.8, 4) is 0 Å². The summed E-state index contributed by atoms with van der Waals surface area (Å²) in [5.41, 5.74) is 6.25. The van der Waals surface area contributed by atoms with Gasteiger partial charge in [0, 0.05) is 10.6 Å². The van der Waals surface area contributed by atoms with Gasteiger partial charge < -0.3 is 4.90 Å². The van der Waals surface area contributed by atoms with Crippen LogP contribution in [0.25, 0.3) is 0 Å². The third kappa shape index (κ3) is 3.26. The first kappa shape index (κ1) is 17.5. The third-order valence-corrected chi connectivity index (χ3v) is 5.28. The first-order chi connectivity index (χ1) is 13.0. The number of hydrogen-bond acceptors (Lipinski definition) is 2. The molecule has 1 aliphatic heterocycles. The van der Waals surface area contributed by atoms with Gasteiger partial charge in [0.2, 0.25) is 0 Å². The maximum absolute atomic E-state index is 13.2. The van der Waals surface area contributed by atoms with Crippen molar-refractivity contribution in [2.24, 2.45) is 4.99 Å². The summed E-state index contributed by atoms with van der Waals surface area (Å²) in [5, 5.41) is 0.655. The van der Waals surface area contributed by atoms with Crippen molar-refractivity contribution in [2.45, 2.75) is 20.4 Å². The number of hydrogen-bond donors (Lipinski definition) is 0. The molecule has 0 radical (unpaired) electrons. The van der Waals surface area contributed by atoms with Gasteiger partial charge in [-0.1, -0.05) is 54.1 Å². The van der Waals surface area contributed by atoms with Crippen LogP contribution in [0.1, 0.15) is 22.3 Å². The summed E-state index contributed by atoms with van der Waals surface area (Å²) in [5.74, 6) is -0.102. The molecule has 0 aliphatic carbocycles. The van der Waals surface area contributed by atoms with E-state index in [2.05, 4.69) is 11.9 Å². The maximum Gasteiger partial charge on any atom is 0.277 e. The van der Waals surface area contributed by atoms with Crippen LogP contribution in [0.5, 0.6) is 0 Å². The maximum atomic E-state index is 13.2. The fourth-order valence-corrected chi connectivity index (χ4v) is 3.44. The fraction of sp³-hybridized carbons (Fsp3) is 0.130. The van der Waals surface area contributed by atoms with Gasteiger partial charge in [-0.25, -0.2) is 4.99 Å². The number of aryl methyl sites for hydroxylation is 2. The minimum absolute atomic E-state index is 0.102. The molecular weight excluding hydrogens is 356 g/mol. The van der Waals surface area contributed by atoms with Crippen molar-refractivity contribution in [1.82, 2.24) is 0 Å². The average Bonchev–Trinajstić information content (AvgIpc) is 2.92. The molecule has 1 amide bonds. The Hall–Kier alpha value is -2.91. The van der Waals surface area contributed by atoms with E-state index in [-0.39, 0.29) is 5.91 Å². The van der Waals surface area contributed by atoms with Crippen LogP contribution in [0.15, 0.2) is 71.7 Å². The van der Waals surface area contributed by atoms with E-state index < -0.39 is 0 Å². The number of carbonyl (C=O) groups excluding carboxylic acids is 1. The lowest BCUT2D eigenvalue weighted by Gasteiger charge is -2.17. The number of benzene rings is 3. The van der Waals surface area contributed by atoms with E-state index in [1.54, 1.807) is 4.90 Å². The Kier molecular flexibility index (Phi) is 4.54. The molecule has 0 fully saturated rings. The van der Waals surface area contributed by atoms with E-state index >= 15 is 0 Å². The van der Waals surface area contributed by atoms with Crippen molar-refractivity contribution in [3.05, 3.63) is 94.0 Å². The highest BCUT2D eigenvalue weighted by Gasteiger charge is 2.33. The minimum atomic E-state index is -0.102. The third-order valence-electron chi connectivity index (χ3n) is 4.92. The molecule has 0 aromatic heterocycles. The Morgan fingerprint density at radius 2 is 1.67 bits per heavy atom. The number of aliphatic imine (C=N–C) groups is 1. The second kappa shape index (κ2) is 7.01. The molecule has 0 bridgehead atoms. The lowest BCUT2D eigenvalue weighted by atomic mass is 10.1. The van der Waals surface area contributed by atoms with Crippen molar-refractivity contribution >= 4 is 34.6 Å². The molecule has 0 atom stereocenters. The van der Waals surface area contributed by atoms with Gasteiger partial charge >= 0.3 is 0 Å². The number of nitrogens with zero attached hydrogens (tertiary/aromatic N) is 2. The van der Waals surface area contributed by atoms with E-state index in [9.17, 15) is 4.79 Å². The smallest absolute Gasteiger partial charge is 0.277 e. The Morgan fingerprint density at radius 1 is 0.926 bits per heavy atom. The molecular formula is C23H19ClN2O. The second-order valence-corrected chi connectivity index (χ2v) is 7.14. The first-order valence-electron chi connectivity index (χ1n) is 8.85. The van der Waals surface area contributed by atoms with Gasteiger partial charge in [-0.05, 0) is 54.8 Å². The summed E-state index contributed by atoms with van der Waals surface area (Å²) in [4.78, 5) is 19.6. The quantitative estimate of drug-likeness (QED) is 0.585. The van der Waals surface area contributed by atoms with Crippen LogP contribution in [-0.4, -0.2) is 11.6 Å². The topological polar surface area (TPSA) is 32.7 Å². The summed E-state index contributed by atoms with van der Waals surface area (Å²) in [6, 6.07) is 21.3. The van der Waals surface area contributed by atoms with Crippen molar-refractivity contribution in [1.29, 1.82) is 0 Å². The molecule has 3 aromatic rings. The van der Waals surface area contributed by atoms with Crippen LogP contribution in [0.4, 0.5) is 11.4 Å². The molecule has 0 N–H and O–H groups in total. The standard InChI is InChI=1S/C23H19ClN2O/c1-15-11-12-18(13-16(15)2)25-22-19-8-4-6-10-21(19)26(23(22)27)14-17-7-3-5-9-20(17)24/h3-13H,14H2,1-2H3. The second-order valence-electron chi connectivity index (χ2n) is 6.73. The SMILES string of the molecule is Cc1ccc(N=C2C(=O)N(Cc3ccccc3Cl)c3ccccc32)cc1C. The van der Waals surface area contributed by atoms with Gasteiger partial charge in [-0.15, -0.1) is 0 Å². The van der Waals surface area contributed by atoms with Crippen LogP contribution < -0.4 is 4.90 Å². The average molecular weight is 375 g/mol. The zero-order valence-electron chi connectivity index (χ0n) is 15.2. The number of para-hydroxylation sites is 1. The molecule has 3 nitrogen and oxygen atoms in total. The molecule has 4 heteroatoms. The van der Waals surface area contributed by atoms with Crippen molar-refractivity contribution < 1.29 is 4.79 Å². The van der Waals surface area contributed by atoms with E-state index in [1.165, 1.54) is 5.56 Å². The van der Waals surface area contributed by atoms with Gasteiger partial charge in [-0.2, -0.15) is 0 Å². The van der Waals surface area contributed by atoms with Crippen LogP contribution >= 0.6 is 11.6 Å². The summed E-state index contributed by atoms with van der Waals surface area (Å²) in [6.07, 6.45) is 0. The van der Waals surface area contributed by atoms with Gasteiger partial charge in [0.1, 0.15) is 5.71 Å². The molecule has 0 unspecified atom stereocenters. The fourth-order valence-electron chi connectivity index (χ4n) is 3.25. The van der Waals surface area contributed by atoms with Crippen LogP contribution in [-0.2, 0) is 11.3 Å². The summed E-state index contributed by atoms with van der Waals surface area (Å²) >= 11 is 6.31. The molecule has 0 saturated heterocycles. The van der Waals surface area contributed by atoms with Crippen molar-refractivity contribution in [2.75, 3.05) is 4.90 Å². The Bertz CT molecular complexity index is 1070. The van der Waals surface area contributed by atoms with Gasteiger partial charge in [0.15, 0.2) is 0 Å². The highest BCUT2D eigenvalue weighted by molar-refractivity contribution is 6.54. The lowest BCUT2D eigenvalue weighted by Crippen LogP contribution is -2.29. The summed E-state index contributed by atoms with van der Waals surface area (Å²) < 4.78 is 0. The predicted octanol–water partition coefficient (Wildman–Crippen LogP) is 5.62. The molecule has 4 rings (SSSR count). The number of carbonyl (C=O) groups is 1. The zero-order chi connectivity index (χ0) is 19.0. The largest absolute Gasteiger partial charge is 0.302 e. The molecule has 1 heterocycles. The van der Waals surface area contributed by atoms with E-state index in [4.69, 9.17) is 11.6 Å². The molecule has 0 saturated carbocycles. The summed E-state index contributed by atoms with van der Waals surface area (Å²) in [7, 11) is 0. The minimum Gasteiger partial charge on any atom is -0.302 e. The lowest BCUT2D eigenvalue weighted by molar-refractivity contribution is -0.112. The van der Waals surface area contributed by atoms with Gasteiger partial charge in [0.25, 0.3) is 5.91 Å². The Morgan fingerprint density at radius 3 is 2.44 bits per heavy atom. The first-order valence-corrected chi connectivity index (χ1v) is 9.23. The highest BCUT2D eigenvalue weighted by atomic mass is 35.5. The zero-order valence-corrected chi connectivity index (χ0v) is 16.0. The molecule has 1 aliphatic rings. The molecule has 3 aromatic carbocycles. The normalized spacial score (nSPS) is 14.7. The summed E-state index contributed by atoms with van der Waals surface area (Å²) in [6.45, 7) is 4.53. The van der Waals surface area contributed by atoms with E-state index in [0.717, 1.165) is 28.1 Å². The number of amides is 1. The number of anilines is 1. The molecule has 0 spiro atoms. The monoisotopic (exact) mass is 374 g/mol. The molecule has 27 heavy (non-hydrogen) atoms. The van der Waals surface area contributed by atoms with Gasteiger partial charge in [-0.3, -0.25) is 4.79 Å². The predicted molar refractivity (Wildman–Crippen MR) is 111 cm³/mol. The molecule has 134 valence electrons. The number of halogens is 1. The van der Waals surface area contributed by atoms with Crippen molar-refractivity contribution in [3.63, 3.8) is 0 Å². The van der Waals surface area contributed by atoms with E-state index in [0.29, 0.717) is 17.3 Å². The van der Waals surface area contributed by atoms with Crippen LogP contribution in [0.3, 0.4) is 0 Å². The Balaban J connectivity index is 1.76. The number of fused-ring (bicyclic) bond motifs is 1. The van der Waals surface area contributed by atoms with Gasteiger partial charge in [0.05, 0.1) is 17.9 Å². The highest BCUT2D eigenvalue weighted by Crippen LogP contribution is 2.33. The Labute approximate surface area is 163 Å².